The molecule has 0 amide bonds. The molecule has 2 heterocycles. The van der Waals surface area contributed by atoms with E-state index in [-0.39, 0.29) is 0 Å². The van der Waals surface area contributed by atoms with Crippen molar-refractivity contribution in [1.82, 2.24) is 9.97 Å². The lowest BCUT2D eigenvalue weighted by Crippen LogP contribution is -1.97. The number of aromatic nitrogens is 2. The second-order valence-electron chi connectivity index (χ2n) is 3.30. The molecule has 72 valence electrons. The third-order valence-corrected chi connectivity index (χ3v) is 2.22. The van der Waals surface area contributed by atoms with Crippen LogP contribution >= 0.6 is 0 Å². The molecule has 2 N–H and O–H groups in total. The molecule has 0 saturated carbocycles. The number of fused-ring (bicyclic) bond motifs is 1. The molecule has 14 heavy (non-hydrogen) atoms. The van der Waals surface area contributed by atoms with Crippen LogP contribution in [0.25, 0.3) is 10.9 Å². The van der Waals surface area contributed by atoms with Crippen LogP contribution in [0.1, 0.15) is 21.7 Å². The Morgan fingerprint density at radius 1 is 1.50 bits per heavy atom. The number of rotatable bonds is 1. The summed E-state index contributed by atoms with van der Waals surface area (Å²) in [6.07, 6.45) is 1.59. The molecule has 0 bridgehead atoms. The minimum absolute atomic E-state index is 0.313. The van der Waals surface area contributed by atoms with Crippen LogP contribution in [0.3, 0.4) is 0 Å². The molecule has 0 aliphatic heterocycles. The van der Waals surface area contributed by atoms with Gasteiger partial charge >= 0.3 is 5.97 Å². The first-order chi connectivity index (χ1) is 6.59. The number of aromatic amines is 1. The van der Waals surface area contributed by atoms with Crippen LogP contribution < -0.4 is 0 Å². The Hall–Kier alpha value is -1.84. The van der Waals surface area contributed by atoms with E-state index in [0.717, 1.165) is 11.2 Å². The highest BCUT2D eigenvalue weighted by Gasteiger charge is 2.14. The highest BCUT2D eigenvalue weighted by Crippen LogP contribution is 2.21. The van der Waals surface area contributed by atoms with Crippen LogP contribution in [0.15, 0.2) is 12.3 Å². The van der Waals surface area contributed by atoms with Gasteiger partial charge in [-0.3, -0.25) is 4.98 Å². The zero-order chi connectivity index (χ0) is 10.3. The first kappa shape index (κ1) is 8.74. The van der Waals surface area contributed by atoms with Crippen LogP contribution in [0.5, 0.6) is 0 Å². The summed E-state index contributed by atoms with van der Waals surface area (Å²) in [7, 11) is 0. The average molecular weight is 190 g/mol. The number of pyridine rings is 1. The topological polar surface area (TPSA) is 66.0 Å². The number of carbonyl (C=O) groups is 1. The summed E-state index contributed by atoms with van der Waals surface area (Å²) in [5, 5.41) is 9.64. The fourth-order valence-electron chi connectivity index (χ4n) is 1.60. The molecule has 0 atom stereocenters. The SMILES string of the molecule is Cc1cc2[nH]c(C)c(C(=O)O)c2cn1. The first-order valence-electron chi connectivity index (χ1n) is 4.28. The third kappa shape index (κ3) is 1.16. The molecule has 4 nitrogen and oxygen atoms in total. The van der Waals surface area contributed by atoms with E-state index in [4.69, 9.17) is 5.11 Å². The van der Waals surface area contributed by atoms with Crippen LogP contribution in [-0.4, -0.2) is 21.0 Å². The van der Waals surface area contributed by atoms with Crippen molar-refractivity contribution >= 4 is 16.9 Å². The Labute approximate surface area is 80.6 Å². The molecule has 2 aromatic heterocycles. The van der Waals surface area contributed by atoms with Crippen molar-refractivity contribution in [3.05, 3.63) is 29.2 Å². The number of aromatic carboxylic acids is 1. The smallest absolute Gasteiger partial charge is 0.338 e. The number of carboxylic acid groups (broad SMARTS) is 1. The number of hydrogen-bond donors (Lipinski definition) is 2. The van der Waals surface area contributed by atoms with Crippen LogP contribution in [-0.2, 0) is 0 Å². The van der Waals surface area contributed by atoms with Gasteiger partial charge in [-0.15, -0.1) is 0 Å². The second-order valence-corrected chi connectivity index (χ2v) is 3.30. The van der Waals surface area contributed by atoms with Crippen molar-refractivity contribution in [2.24, 2.45) is 0 Å². The molecular weight excluding hydrogens is 180 g/mol. The summed E-state index contributed by atoms with van der Waals surface area (Å²) in [6.45, 7) is 3.62. The highest BCUT2D eigenvalue weighted by atomic mass is 16.4. The fraction of sp³-hybridized carbons (Fsp3) is 0.200. The zero-order valence-corrected chi connectivity index (χ0v) is 7.96. The van der Waals surface area contributed by atoms with E-state index >= 15 is 0 Å². The van der Waals surface area contributed by atoms with Crippen LogP contribution in [0, 0.1) is 13.8 Å². The van der Waals surface area contributed by atoms with Gasteiger partial charge in [-0.05, 0) is 19.9 Å². The molecule has 2 aromatic rings. The van der Waals surface area contributed by atoms with Crippen molar-refractivity contribution in [2.45, 2.75) is 13.8 Å². The molecule has 0 saturated heterocycles. The van der Waals surface area contributed by atoms with Gasteiger partial charge in [-0.1, -0.05) is 0 Å². The summed E-state index contributed by atoms with van der Waals surface area (Å²) in [5.41, 5.74) is 2.68. The van der Waals surface area contributed by atoms with Gasteiger partial charge in [0.1, 0.15) is 0 Å². The zero-order valence-electron chi connectivity index (χ0n) is 7.96. The third-order valence-electron chi connectivity index (χ3n) is 2.22. The molecule has 0 aliphatic carbocycles. The number of carboxylic acids is 1. The Bertz CT molecular complexity index is 514. The Morgan fingerprint density at radius 2 is 2.21 bits per heavy atom. The number of hydrogen-bond acceptors (Lipinski definition) is 2. The molecule has 0 aliphatic rings. The second kappa shape index (κ2) is 2.83. The summed E-state index contributed by atoms with van der Waals surface area (Å²) in [5.74, 6) is -0.917. The van der Waals surface area contributed by atoms with Gasteiger partial charge < -0.3 is 10.1 Å². The standard InChI is InChI=1S/C10H10N2O2/c1-5-3-8-7(4-11-5)9(10(13)14)6(2)12-8/h3-4,12H,1-2H3,(H,13,14). The molecule has 4 heteroatoms. The van der Waals surface area contributed by atoms with Gasteiger partial charge in [0.15, 0.2) is 0 Å². The summed E-state index contributed by atoms with van der Waals surface area (Å²) in [4.78, 5) is 18.0. The number of nitrogens with one attached hydrogen (secondary N) is 1. The summed E-state index contributed by atoms with van der Waals surface area (Å²) >= 11 is 0. The van der Waals surface area contributed by atoms with E-state index in [2.05, 4.69) is 9.97 Å². The Balaban J connectivity index is 2.84. The quantitative estimate of drug-likeness (QED) is 0.721. The average Bonchev–Trinajstić information content (AvgIpc) is 2.39. The number of H-pyrrole nitrogens is 1. The van der Waals surface area contributed by atoms with Crippen LogP contribution in [0.4, 0.5) is 0 Å². The van der Waals surface area contributed by atoms with Gasteiger partial charge in [0, 0.05) is 28.5 Å². The monoisotopic (exact) mass is 190 g/mol. The maximum Gasteiger partial charge on any atom is 0.338 e. The highest BCUT2D eigenvalue weighted by molar-refractivity contribution is 6.04. The number of nitrogens with zero attached hydrogens (tertiary/aromatic N) is 1. The van der Waals surface area contributed by atoms with Crippen molar-refractivity contribution in [1.29, 1.82) is 0 Å². The van der Waals surface area contributed by atoms with E-state index in [0.29, 0.717) is 16.6 Å². The van der Waals surface area contributed by atoms with E-state index in [1.54, 1.807) is 13.1 Å². The fourth-order valence-corrected chi connectivity index (χ4v) is 1.60. The van der Waals surface area contributed by atoms with E-state index in [1.165, 1.54) is 0 Å². The van der Waals surface area contributed by atoms with Crippen molar-refractivity contribution < 1.29 is 9.90 Å². The van der Waals surface area contributed by atoms with Crippen LogP contribution in [0.2, 0.25) is 0 Å². The molecule has 0 fully saturated rings. The van der Waals surface area contributed by atoms with Gasteiger partial charge in [0.25, 0.3) is 0 Å². The van der Waals surface area contributed by atoms with Gasteiger partial charge in [-0.2, -0.15) is 0 Å². The first-order valence-corrected chi connectivity index (χ1v) is 4.28. The predicted molar refractivity (Wildman–Crippen MR) is 52.5 cm³/mol. The minimum atomic E-state index is -0.917. The lowest BCUT2D eigenvalue weighted by molar-refractivity contribution is 0.0698. The van der Waals surface area contributed by atoms with Crippen molar-refractivity contribution in [3.8, 4) is 0 Å². The van der Waals surface area contributed by atoms with E-state index in [1.807, 2.05) is 13.0 Å². The summed E-state index contributed by atoms with van der Waals surface area (Å²) in [6, 6.07) is 1.84. The Morgan fingerprint density at radius 3 is 2.86 bits per heavy atom. The van der Waals surface area contributed by atoms with Crippen molar-refractivity contribution in [3.63, 3.8) is 0 Å². The maximum atomic E-state index is 10.9. The number of aryl methyl sites for hydroxylation is 2. The lowest BCUT2D eigenvalue weighted by Gasteiger charge is -1.93. The van der Waals surface area contributed by atoms with Crippen molar-refractivity contribution in [2.75, 3.05) is 0 Å². The minimum Gasteiger partial charge on any atom is -0.478 e. The van der Waals surface area contributed by atoms with Gasteiger partial charge in [0.05, 0.1) is 5.56 Å². The Kier molecular flexibility index (Phi) is 1.77. The van der Waals surface area contributed by atoms with Gasteiger partial charge in [-0.25, -0.2) is 4.79 Å². The van der Waals surface area contributed by atoms with E-state index < -0.39 is 5.97 Å². The molecular formula is C10H10N2O2. The predicted octanol–water partition coefficient (Wildman–Crippen LogP) is 1.88. The normalized spacial score (nSPS) is 10.7. The maximum absolute atomic E-state index is 10.9. The molecule has 0 aromatic carbocycles. The molecule has 0 spiro atoms. The molecule has 0 unspecified atom stereocenters. The van der Waals surface area contributed by atoms with Gasteiger partial charge in [0.2, 0.25) is 0 Å². The summed E-state index contributed by atoms with van der Waals surface area (Å²) < 4.78 is 0. The molecule has 0 radical (unpaired) electrons. The lowest BCUT2D eigenvalue weighted by atomic mass is 10.2. The van der Waals surface area contributed by atoms with E-state index in [9.17, 15) is 4.79 Å². The largest absolute Gasteiger partial charge is 0.478 e. The molecule has 2 rings (SSSR count).